The molecule has 2 rings (SSSR count). The predicted molar refractivity (Wildman–Crippen MR) is 90.3 cm³/mol. The number of rotatable bonds is 7. The van der Waals surface area contributed by atoms with E-state index in [-0.39, 0.29) is 23.2 Å². The van der Waals surface area contributed by atoms with Crippen molar-refractivity contribution in [2.75, 3.05) is 26.5 Å². The van der Waals surface area contributed by atoms with Crippen molar-refractivity contribution in [2.45, 2.75) is 25.1 Å². The third-order valence-corrected chi connectivity index (χ3v) is 5.23. The van der Waals surface area contributed by atoms with E-state index in [9.17, 15) is 9.59 Å². The zero-order valence-electron chi connectivity index (χ0n) is 13.8. The Morgan fingerprint density at radius 1 is 1.35 bits per heavy atom. The predicted octanol–water partition coefficient (Wildman–Crippen LogP) is 2.86. The number of benzene rings is 1. The van der Waals surface area contributed by atoms with Crippen LogP contribution in [0.1, 0.15) is 30.7 Å². The fourth-order valence-corrected chi connectivity index (χ4v) is 3.79. The Kier molecular flexibility index (Phi) is 6.33. The monoisotopic (exact) mass is 337 g/mol. The third kappa shape index (κ3) is 4.64. The fourth-order valence-electron chi connectivity index (χ4n) is 2.57. The lowest BCUT2D eigenvalue weighted by molar-refractivity contribution is -0.141. The lowest BCUT2D eigenvalue weighted by atomic mass is 10.0. The number of nitrogens with zero attached hydrogens (tertiary/aromatic N) is 1. The van der Waals surface area contributed by atoms with E-state index in [0.717, 1.165) is 17.7 Å². The largest absolute Gasteiger partial charge is 0.497 e. The van der Waals surface area contributed by atoms with E-state index < -0.39 is 0 Å². The Labute approximate surface area is 141 Å². The normalized spacial score (nSPS) is 18.8. The summed E-state index contributed by atoms with van der Waals surface area (Å²) in [6.45, 7) is 2.66. The number of hydrogen-bond donors (Lipinski definition) is 0. The highest BCUT2D eigenvalue weighted by atomic mass is 32.2. The quantitative estimate of drug-likeness (QED) is 0.716. The summed E-state index contributed by atoms with van der Waals surface area (Å²) in [5.74, 6) is 1.45. The van der Waals surface area contributed by atoms with Crippen molar-refractivity contribution in [3.05, 3.63) is 29.8 Å². The van der Waals surface area contributed by atoms with Gasteiger partial charge in [-0.3, -0.25) is 9.59 Å². The topological polar surface area (TPSA) is 55.8 Å². The van der Waals surface area contributed by atoms with Crippen LogP contribution in [0.25, 0.3) is 0 Å². The van der Waals surface area contributed by atoms with Gasteiger partial charge >= 0.3 is 5.97 Å². The second kappa shape index (κ2) is 8.24. The van der Waals surface area contributed by atoms with Crippen LogP contribution in [0.15, 0.2) is 24.3 Å². The van der Waals surface area contributed by atoms with Crippen LogP contribution in [0.5, 0.6) is 5.75 Å². The van der Waals surface area contributed by atoms with Crippen LogP contribution in [-0.4, -0.2) is 43.3 Å². The Bertz CT molecular complexity index is 546. The molecule has 1 aliphatic heterocycles. The summed E-state index contributed by atoms with van der Waals surface area (Å²) < 4.78 is 9.87. The molecule has 1 saturated heterocycles. The molecule has 0 aromatic heterocycles. The summed E-state index contributed by atoms with van der Waals surface area (Å²) in [6.07, 6.45) is 1.17. The van der Waals surface area contributed by atoms with Crippen LogP contribution < -0.4 is 4.74 Å². The minimum absolute atomic E-state index is 0.0405. The van der Waals surface area contributed by atoms with Crippen molar-refractivity contribution in [1.82, 2.24) is 4.90 Å². The molecule has 1 aromatic rings. The molecule has 1 heterocycles. The number of hydrogen-bond acceptors (Lipinski definition) is 5. The molecule has 2 unspecified atom stereocenters. The highest BCUT2D eigenvalue weighted by Gasteiger charge is 2.32. The average molecular weight is 337 g/mol. The summed E-state index contributed by atoms with van der Waals surface area (Å²) in [6, 6.07) is 7.83. The number of methoxy groups -OCH3 is 2. The molecule has 0 bridgehead atoms. The van der Waals surface area contributed by atoms with Gasteiger partial charge in [0.2, 0.25) is 5.91 Å². The van der Waals surface area contributed by atoms with Crippen molar-refractivity contribution < 1.29 is 19.1 Å². The molecule has 23 heavy (non-hydrogen) atoms. The van der Waals surface area contributed by atoms with Gasteiger partial charge in [-0.25, -0.2) is 0 Å². The first kappa shape index (κ1) is 17.7. The molecule has 0 spiro atoms. The van der Waals surface area contributed by atoms with E-state index in [4.69, 9.17) is 9.47 Å². The zero-order chi connectivity index (χ0) is 16.8. The number of carbonyl (C=O) groups is 2. The maximum absolute atomic E-state index is 12.2. The molecule has 5 nitrogen and oxygen atoms in total. The minimum atomic E-state index is -0.202. The molecule has 1 amide bonds. The van der Waals surface area contributed by atoms with Gasteiger partial charge in [0, 0.05) is 13.0 Å². The van der Waals surface area contributed by atoms with Crippen molar-refractivity contribution >= 4 is 23.6 Å². The van der Waals surface area contributed by atoms with Gasteiger partial charge in [0.05, 0.1) is 20.0 Å². The summed E-state index contributed by atoms with van der Waals surface area (Å²) in [4.78, 5) is 25.4. The molecule has 0 saturated carbocycles. The number of ether oxygens (including phenoxy) is 2. The van der Waals surface area contributed by atoms with Crippen LogP contribution >= 0.6 is 11.8 Å². The van der Waals surface area contributed by atoms with Crippen molar-refractivity contribution in [3.63, 3.8) is 0 Å². The number of amides is 1. The minimum Gasteiger partial charge on any atom is -0.497 e. The lowest BCUT2D eigenvalue weighted by Gasteiger charge is -2.25. The van der Waals surface area contributed by atoms with E-state index in [1.165, 1.54) is 7.11 Å². The molecule has 0 aliphatic carbocycles. The summed E-state index contributed by atoms with van der Waals surface area (Å²) in [7, 11) is 3.03. The maximum atomic E-state index is 12.2. The smallest absolute Gasteiger partial charge is 0.305 e. The molecule has 2 atom stereocenters. The zero-order valence-corrected chi connectivity index (χ0v) is 14.6. The standard InChI is InChI=1S/C17H23NO4S/c1-12(10-16(20)22-3)8-9-18-15(19)11-23-17(18)13-4-6-14(21-2)7-5-13/h4-7,12,17H,8-11H2,1-3H3. The second-order valence-electron chi connectivity index (χ2n) is 5.70. The summed E-state index contributed by atoms with van der Waals surface area (Å²) in [5, 5.41) is 0.0405. The van der Waals surface area contributed by atoms with E-state index in [1.54, 1.807) is 18.9 Å². The first-order valence-electron chi connectivity index (χ1n) is 7.67. The fraction of sp³-hybridized carbons (Fsp3) is 0.529. The van der Waals surface area contributed by atoms with Crippen LogP contribution in [0.3, 0.4) is 0 Å². The highest BCUT2D eigenvalue weighted by Crippen LogP contribution is 2.39. The van der Waals surface area contributed by atoms with Gasteiger partial charge in [-0.2, -0.15) is 0 Å². The van der Waals surface area contributed by atoms with Crippen LogP contribution in [0.2, 0.25) is 0 Å². The average Bonchev–Trinajstić information content (AvgIpc) is 2.93. The van der Waals surface area contributed by atoms with Gasteiger partial charge in [-0.15, -0.1) is 11.8 Å². The van der Waals surface area contributed by atoms with Gasteiger partial charge in [0.25, 0.3) is 0 Å². The number of thioether (sulfide) groups is 1. The van der Waals surface area contributed by atoms with E-state index in [0.29, 0.717) is 18.7 Å². The van der Waals surface area contributed by atoms with Gasteiger partial charge in [-0.1, -0.05) is 19.1 Å². The Hall–Kier alpha value is -1.69. The summed E-state index contributed by atoms with van der Waals surface area (Å²) in [5.41, 5.74) is 1.10. The molecule has 1 aromatic carbocycles. The van der Waals surface area contributed by atoms with Crippen LogP contribution in [0, 0.1) is 5.92 Å². The molecule has 0 radical (unpaired) electrons. The van der Waals surface area contributed by atoms with Gasteiger partial charge < -0.3 is 14.4 Å². The molecular formula is C17H23NO4S. The molecule has 1 fully saturated rings. The maximum Gasteiger partial charge on any atom is 0.305 e. The van der Waals surface area contributed by atoms with Crippen molar-refractivity contribution in [3.8, 4) is 5.75 Å². The Balaban J connectivity index is 1.97. The second-order valence-corrected chi connectivity index (χ2v) is 6.77. The Morgan fingerprint density at radius 3 is 2.65 bits per heavy atom. The van der Waals surface area contributed by atoms with Gasteiger partial charge in [-0.05, 0) is 30.0 Å². The SMILES string of the molecule is COC(=O)CC(C)CCN1C(=O)CSC1c1ccc(OC)cc1. The first-order valence-corrected chi connectivity index (χ1v) is 8.72. The van der Waals surface area contributed by atoms with E-state index in [1.807, 2.05) is 36.1 Å². The molecular weight excluding hydrogens is 314 g/mol. The van der Waals surface area contributed by atoms with Crippen molar-refractivity contribution in [1.29, 1.82) is 0 Å². The Morgan fingerprint density at radius 2 is 2.04 bits per heavy atom. The van der Waals surface area contributed by atoms with E-state index >= 15 is 0 Å². The number of esters is 1. The van der Waals surface area contributed by atoms with E-state index in [2.05, 4.69) is 0 Å². The molecule has 1 aliphatic rings. The third-order valence-electron chi connectivity index (χ3n) is 3.97. The van der Waals surface area contributed by atoms with Gasteiger partial charge in [0.15, 0.2) is 0 Å². The van der Waals surface area contributed by atoms with Crippen molar-refractivity contribution in [2.24, 2.45) is 5.92 Å². The molecule has 126 valence electrons. The van der Waals surface area contributed by atoms with Gasteiger partial charge in [0.1, 0.15) is 11.1 Å². The highest BCUT2D eigenvalue weighted by molar-refractivity contribution is 8.00. The first-order chi connectivity index (χ1) is 11.0. The summed E-state index contributed by atoms with van der Waals surface area (Å²) >= 11 is 1.64. The van der Waals surface area contributed by atoms with Crippen LogP contribution in [0.4, 0.5) is 0 Å². The molecule has 0 N–H and O–H groups in total. The molecule has 6 heteroatoms. The lowest BCUT2D eigenvalue weighted by Crippen LogP contribution is -2.30. The number of carbonyl (C=O) groups excluding carboxylic acids is 2. The van der Waals surface area contributed by atoms with Crippen LogP contribution in [-0.2, 0) is 14.3 Å².